The number of rotatable bonds is 8. The summed E-state index contributed by atoms with van der Waals surface area (Å²) in [5, 5.41) is 11.6. The number of aliphatic hydroxyl groups excluding tert-OH is 1. The molecule has 1 aromatic rings. The van der Waals surface area contributed by atoms with Crippen LogP contribution < -0.4 is 11.1 Å². The molecule has 0 aliphatic carbocycles. The van der Waals surface area contributed by atoms with E-state index in [4.69, 9.17) is 10.8 Å². The van der Waals surface area contributed by atoms with Crippen LogP contribution >= 0.6 is 11.8 Å². The molecule has 0 radical (unpaired) electrons. The van der Waals surface area contributed by atoms with Crippen LogP contribution in [0.1, 0.15) is 18.4 Å². The molecule has 0 unspecified atom stereocenters. The van der Waals surface area contributed by atoms with Crippen molar-refractivity contribution in [3.05, 3.63) is 29.8 Å². The molecule has 4 nitrogen and oxygen atoms in total. The fraction of sp³-hybridized carbons (Fsp3) is 0.500. The zero-order valence-corrected chi connectivity index (χ0v) is 12.1. The van der Waals surface area contributed by atoms with Gasteiger partial charge in [0.05, 0.1) is 6.04 Å². The average Bonchev–Trinajstić information content (AvgIpc) is 2.42. The minimum Gasteiger partial charge on any atom is -0.396 e. The molecule has 0 bridgehead atoms. The molecule has 0 heterocycles. The third kappa shape index (κ3) is 6.09. The maximum atomic E-state index is 11.9. The molecule has 5 heteroatoms. The normalized spacial score (nSPS) is 12.2. The highest BCUT2D eigenvalue weighted by Gasteiger charge is 2.12. The van der Waals surface area contributed by atoms with Gasteiger partial charge in [-0.05, 0) is 49.0 Å². The van der Waals surface area contributed by atoms with Gasteiger partial charge in [0.1, 0.15) is 0 Å². The number of nitrogens with one attached hydrogen (secondary N) is 1. The van der Waals surface area contributed by atoms with Crippen LogP contribution in [-0.4, -0.2) is 35.7 Å². The first-order valence-electron chi connectivity index (χ1n) is 6.42. The Labute approximate surface area is 118 Å². The fourth-order valence-corrected chi connectivity index (χ4v) is 2.19. The van der Waals surface area contributed by atoms with Gasteiger partial charge in [-0.3, -0.25) is 4.79 Å². The van der Waals surface area contributed by atoms with E-state index in [1.54, 1.807) is 11.8 Å². The van der Waals surface area contributed by atoms with Crippen molar-refractivity contribution in [3.8, 4) is 0 Å². The van der Waals surface area contributed by atoms with Gasteiger partial charge >= 0.3 is 0 Å². The Morgan fingerprint density at radius 1 is 1.53 bits per heavy atom. The Bertz CT molecular complexity index is 399. The summed E-state index contributed by atoms with van der Waals surface area (Å²) in [6.07, 6.45) is 4.20. The maximum Gasteiger partial charge on any atom is 0.241 e. The molecule has 0 fully saturated rings. The molecule has 0 saturated heterocycles. The van der Waals surface area contributed by atoms with Crippen molar-refractivity contribution in [3.63, 3.8) is 0 Å². The Morgan fingerprint density at radius 2 is 2.32 bits per heavy atom. The van der Waals surface area contributed by atoms with Gasteiger partial charge in [-0.1, -0.05) is 12.1 Å². The van der Waals surface area contributed by atoms with Crippen molar-refractivity contribution in [2.24, 2.45) is 5.73 Å². The molecule has 0 aliphatic heterocycles. The van der Waals surface area contributed by atoms with E-state index in [0.717, 1.165) is 29.8 Å². The molecule has 106 valence electrons. The Kier molecular flexibility index (Phi) is 7.55. The van der Waals surface area contributed by atoms with E-state index in [9.17, 15) is 4.79 Å². The molecular formula is C14H22N2O2S. The van der Waals surface area contributed by atoms with E-state index >= 15 is 0 Å². The summed E-state index contributed by atoms with van der Waals surface area (Å²) >= 11 is 1.68. The predicted molar refractivity (Wildman–Crippen MR) is 81.5 cm³/mol. The third-order valence-electron chi connectivity index (χ3n) is 2.79. The Balaban J connectivity index is 2.53. The summed E-state index contributed by atoms with van der Waals surface area (Å²) in [6.45, 7) is 0.177. The number of nitrogens with two attached hydrogens (primary N) is 1. The van der Waals surface area contributed by atoms with Gasteiger partial charge in [0.15, 0.2) is 0 Å². The number of carbonyl (C=O) groups excluding carboxylic acids is 1. The summed E-state index contributed by atoms with van der Waals surface area (Å²) in [4.78, 5) is 11.9. The molecular weight excluding hydrogens is 260 g/mol. The summed E-state index contributed by atoms with van der Waals surface area (Å²) in [6, 6.07) is 7.19. The summed E-state index contributed by atoms with van der Waals surface area (Å²) in [7, 11) is 0. The van der Waals surface area contributed by atoms with Gasteiger partial charge in [-0.2, -0.15) is 11.8 Å². The molecule has 0 spiro atoms. The highest BCUT2D eigenvalue weighted by molar-refractivity contribution is 7.98. The number of aryl methyl sites for hydroxylation is 1. The minimum absolute atomic E-state index is 0.145. The molecule has 1 amide bonds. The molecule has 1 rings (SSSR count). The molecule has 4 N–H and O–H groups in total. The van der Waals surface area contributed by atoms with Crippen LogP contribution in [0.25, 0.3) is 0 Å². The number of amides is 1. The zero-order chi connectivity index (χ0) is 14.1. The van der Waals surface area contributed by atoms with E-state index in [-0.39, 0.29) is 12.5 Å². The van der Waals surface area contributed by atoms with E-state index < -0.39 is 6.04 Å². The van der Waals surface area contributed by atoms with Crippen LogP contribution in [0, 0.1) is 0 Å². The van der Waals surface area contributed by atoms with Crippen molar-refractivity contribution in [2.75, 3.05) is 23.9 Å². The maximum absolute atomic E-state index is 11.9. The lowest BCUT2D eigenvalue weighted by atomic mass is 10.1. The van der Waals surface area contributed by atoms with Crippen LogP contribution in [0.2, 0.25) is 0 Å². The number of aliphatic hydroxyl groups is 1. The SMILES string of the molecule is CSCC[C@@H](N)C(=O)Nc1cccc(CCCO)c1. The summed E-state index contributed by atoms with van der Waals surface area (Å²) < 4.78 is 0. The first-order valence-corrected chi connectivity index (χ1v) is 7.82. The predicted octanol–water partition coefficient (Wildman–Crippen LogP) is 1.63. The second-order valence-corrected chi connectivity index (χ2v) is 5.39. The van der Waals surface area contributed by atoms with Gasteiger partial charge in [0, 0.05) is 12.3 Å². The molecule has 0 aliphatic rings. The second-order valence-electron chi connectivity index (χ2n) is 4.40. The largest absolute Gasteiger partial charge is 0.396 e. The number of hydrogen-bond acceptors (Lipinski definition) is 4. The van der Waals surface area contributed by atoms with E-state index in [0.29, 0.717) is 6.42 Å². The lowest BCUT2D eigenvalue weighted by molar-refractivity contribution is -0.117. The topological polar surface area (TPSA) is 75.4 Å². The van der Waals surface area contributed by atoms with Crippen LogP contribution in [0.15, 0.2) is 24.3 Å². The zero-order valence-electron chi connectivity index (χ0n) is 11.3. The van der Waals surface area contributed by atoms with Crippen LogP contribution in [0.4, 0.5) is 5.69 Å². The van der Waals surface area contributed by atoms with Gasteiger partial charge in [-0.15, -0.1) is 0 Å². The lowest BCUT2D eigenvalue weighted by Gasteiger charge is -2.12. The number of carbonyl (C=O) groups is 1. The van der Waals surface area contributed by atoms with E-state index in [1.807, 2.05) is 30.5 Å². The van der Waals surface area contributed by atoms with Crippen LogP contribution in [0.3, 0.4) is 0 Å². The highest BCUT2D eigenvalue weighted by atomic mass is 32.2. The van der Waals surface area contributed by atoms with Gasteiger partial charge in [0.25, 0.3) is 0 Å². The summed E-state index contributed by atoms with van der Waals surface area (Å²) in [5.74, 6) is 0.735. The van der Waals surface area contributed by atoms with Gasteiger partial charge in [-0.25, -0.2) is 0 Å². The second kappa shape index (κ2) is 8.96. The average molecular weight is 282 g/mol. The smallest absolute Gasteiger partial charge is 0.241 e. The minimum atomic E-state index is -0.464. The number of thioether (sulfide) groups is 1. The third-order valence-corrected chi connectivity index (χ3v) is 3.43. The molecule has 1 aromatic carbocycles. The fourth-order valence-electron chi connectivity index (χ4n) is 1.70. The van der Waals surface area contributed by atoms with Crippen molar-refractivity contribution in [1.29, 1.82) is 0 Å². The number of anilines is 1. The van der Waals surface area contributed by atoms with Crippen molar-refractivity contribution in [2.45, 2.75) is 25.3 Å². The number of hydrogen-bond donors (Lipinski definition) is 3. The van der Waals surface area contributed by atoms with Crippen molar-refractivity contribution in [1.82, 2.24) is 0 Å². The van der Waals surface area contributed by atoms with Crippen LogP contribution in [-0.2, 0) is 11.2 Å². The van der Waals surface area contributed by atoms with Gasteiger partial charge < -0.3 is 16.2 Å². The number of benzene rings is 1. The Hall–Kier alpha value is -1.04. The Morgan fingerprint density at radius 3 is 3.00 bits per heavy atom. The van der Waals surface area contributed by atoms with E-state index in [2.05, 4.69) is 5.32 Å². The molecule has 1 atom stereocenters. The standard InChI is InChI=1S/C14H22N2O2S/c1-19-9-7-13(15)14(18)16-12-6-2-4-11(10-12)5-3-8-17/h2,4,6,10,13,17H,3,5,7-9,15H2,1H3,(H,16,18)/t13-/m1/s1. The molecule has 0 aromatic heterocycles. The first-order chi connectivity index (χ1) is 9.17. The van der Waals surface area contributed by atoms with Crippen molar-refractivity contribution >= 4 is 23.4 Å². The highest BCUT2D eigenvalue weighted by Crippen LogP contribution is 2.13. The monoisotopic (exact) mass is 282 g/mol. The van der Waals surface area contributed by atoms with Crippen LogP contribution in [0.5, 0.6) is 0 Å². The molecule has 0 saturated carbocycles. The lowest BCUT2D eigenvalue weighted by Crippen LogP contribution is -2.36. The van der Waals surface area contributed by atoms with Crippen molar-refractivity contribution < 1.29 is 9.90 Å². The quantitative estimate of drug-likeness (QED) is 0.677. The molecule has 19 heavy (non-hydrogen) atoms. The van der Waals surface area contributed by atoms with Gasteiger partial charge in [0.2, 0.25) is 5.91 Å². The first kappa shape index (κ1) is 16.0. The summed E-state index contributed by atoms with van der Waals surface area (Å²) in [5.41, 5.74) is 7.68. The van der Waals surface area contributed by atoms with E-state index in [1.165, 1.54) is 0 Å².